The number of benzene rings is 2. The molecule has 0 unspecified atom stereocenters. The summed E-state index contributed by atoms with van der Waals surface area (Å²) in [6.07, 6.45) is 5.96. The third-order valence-corrected chi connectivity index (χ3v) is 5.07. The highest BCUT2D eigenvalue weighted by molar-refractivity contribution is 6.14. The van der Waals surface area contributed by atoms with Crippen LogP contribution in [0.4, 0.5) is 0 Å². The molecule has 146 valence electrons. The van der Waals surface area contributed by atoms with E-state index in [9.17, 15) is 14.4 Å². The summed E-state index contributed by atoms with van der Waals surface area (Å²) in [6, 6.07) is 15.3. The van der Waals surface area contributed by atoms with Crippen LogP contribution in [0.15, 0.2) is 54.6 Å². The lowest BCUT2D eigenvalue weighted by Gasteiger charge is -2.21. The lowest BCUT2D eigenvalue weighted by atomic mass is 9.89. The van der Waals surface area contributed by atoms with Gasteiger partial charge in [0.2, 0.25) is 0 Å². The Balaban J connectivity index is 1.57. The molecule has 1 amide bonds. The molecule has 0 saturated heterocycles. The van der Waals surface area contributed by atoms with Crippen molar-refractivity contribution in [3.63, 3.8) is 0 Å². The van der Waals surface area contributed by atoms with Crippen LogP contribution in [0.1, 0.15) is 58.4 Å². The van der Waals surface area contributed by atoms with Gasteiger partial charge < -0.3 is 10.1 Å². The van der Waals surface area contributed by atoms with Crippen molar-refractivity contribution in [3.05, 3.63) is 71.3 Å². The number of hydrogen-bond donors (Lipinski definition) is 1. The Morgan fingerprint density at radius 1 is 0.857 bits per heavy atom. The van der Waals surface area contributed by atoms with Crippen molar-refractivity contribution in [2.24, 2.45) is 5.92 Å². The van der Waals surface area contributed by atoms with E-state index < -0.39 is 5.97 Å². The molecule has 0 aromatic heterocycles. The monoisotopic (exact) mass is 379 g/mol. The lowest BCUT2D eigenvalue weighted by molar-refractivity contribution is -0.124. The van der Waals surface area contributed by atoms with Gasteiger partial charge in [-0.3, -0.25) is 9.59 Å². The lowest BCUT2D eigenvalue weighted by Crippen LogP contribution is -2.33. The summed E-state index contributed by atoms with van der Waals surface area (Å²) in [6.45, 7) is 0.277. The van der Waals surface area contributed by atoms with Crippen molar-refractivity contribution in [2.45, 2.75) is 32.1 Å². The van der Waals surface area contributed by atoms with Gasteiger partial charge in [0.05, 0.1) is 5.56 Å². The van der Waals surface area contributed by atoms with Gasteiger partial charge in [-0.15, -0.1) is 0 Å². The number of ether oxygens (including phenoxy) is 1. The highest BCUT2D eigenvalue weighted by Gasteiger charge is 2.20. The van der Waals surface area contributed by atoms with E-state index in [1.54, 1.807) is 48.5 Å². The standard InChI is InChI=1S/C23H25NO4/c25-21(24-15-17-9-3-1-4-10-17)16-28-23(27)20-14-8-7-13-19(20)22(26)18-11-5-2-6-12-18/h2,5-8,11-14,17H,1,3-4,9-10,15-16H2,(H,24,25). The van der Waals surface area contributed by atoms with E-state index in [2.05, 4.69) is 5.32 Å². The number of rotatable bonds is 7. The number of nitrogens with one attached hydrogen (secondary N) is 1. The maximum absolute atomic E-state index is 12.7. The van der Waals surface area contributed by atoms with Crippen LogP contribution in [-0.2, 0) is 9.53 Å². The fraction of sp³-hybridized carbons (Fsp3) is 0.348. The number of carbonyl (C=O) groups excluding carboxylic acids is 3. The number of ketones is 1. The quantitative estimate of drug-likeness (QED) is 0.587. The molecule has 0 heterocycles. The fourth-order valence-electron chi connectivity index (χ4n) is 3.51. The second kappa shape index (κ2) is 9.83. The molecule has 1 saturated carbocycles. The smallest absolute Gasteiger partial charge is 0.339 e. The Bertz CT molecular complexity index is 826. The number of amides is 1. The van der Waals surface area contributed by atoms with Gasteiger partial charge in [-0.05, 0) is 24.8 Å². The first kappa shape index (κ1) is 19.8. The second-order valence-electron chi connectivity index (χ2n) is 7.12. The van der Waals surface area contributed by atoms with E-state index in [0.717, 1.165) is 12.8 Å². The maximum atomic E-state index is 12.7. The predicted molar refractivity (Wildman–Crippen MR) is 106 cm³/mol. The van der Waals surface area contributed by atoms with E-state index >= 15 is 0 Å². The van der Waals surface area contributed by atoms with Crippen LogP contribution in [0.3, 0.4) is 0 Å². The molecule has 28 heavy (non-hydrogen) atoms. The highest BCUT2D eigenvalue weighted by Crippen LogP contribution is 2.22. The summed E-state index contributed by atoms with van der Waals surface area (Å²) in [4.78, 5) is 37.2. The zero-order chi connectivity index (χ0) is 19.8. The van der Waals surface area contributed by atoms with Crippen molar-refractivity contribution >= 4 is 17.7 Å². The van der Waals surface area contributed by atoms with Gasteiger partial charge in [-0.2, -0.15) is 0 Å². The summed E-state index contributed by atoms with van der Waals surface area (Å²) in [5.74, 6) is -0.731. The third-order valence-electron chi connectivity index (χ3n) is 5.07. The van der Waals surface area contributed by atoms with Crippen molar-refractivity contribution in [1.82, 2.24) is 5.32 Å². The van der Waals surface area contributed by atoms with Crippen LogP contribution in [0.25, 0.3) is 0 Å². The minimum Gasteiger partial charge on any atom is -0.452 e. The summed E-state index contributed by atoms with van der Waals surface area (Å²) >= 11 is 0. The van der Waals surface area contributed by atoms with Crippen molar-refractivity contribution in [3.8, 4) is 0 Å². The molecule has 5 heteroatoms. The summed E-state index contributed by atoms with van der Waals surface area (Å²) in [7, 11) is 0. The molecule has 0 bridgehead atoms. The zero-order valence-electron chi connectivity index (χ0n) is 15.9. The first-order valence-corrected chi connectivity index (χ1v) is 9.78. The Labute approximate surface area is 165 Å². The molecule has 0 spiro atoms. The van der Waals surface area contributed by atoms with Gasteiger partial charge in [0.25, 0.3) is 5.91 Å². The maximum Gasteiger partial charge on any atom is 0.339 e. The van der Waals surface area contributed by atoms with E-state index in [-0.39, 0.29) is 29.4 Å². The summed E-state index contributed by atoms with van der Waals surface area (Å²) in [5, 5.41) is 2.84. The second-order valence-corrected chi connectivity index (χ2v) is 7.12. The Morgan fingerprint density at radius 2 is 1.50 bits per heavy atom. The average molecular weight is 379 g/mol. The fourth-order valence-corrected chi connectivity index (χ4v) is 3.51. The van der Waals surface area contributed by atoms with Crippen LogP contribution in [0.2, 0.25) is 0 Å². The molecule has 0 aliphatic heterocycles. The predicted octanol–water partition coefficient (Wildman–Crippen LogP) is 3.77. The molecule has 1 aliphatic carbocycles. The van der Waals surface area contributed by atoms with Crippen molar-refractivity contribution in [1.29, 1.82) is 0 Å². The number of carbonyl (C=O) groups is 3. The minimum absolute atomic E-state index is 0.163. The van der Waals surface area contributed by atoms with Crippen molar-refractivity contribution in [2.75, 3.05) is 13.2 Å². The van der Waals surface area contributed by atoms with E-state index in [4.69, 9.17) is 4.74 Å². The molecule has 3 rings (SSSR count). The normalized spacial score (nSPS) is 14.3. The third kappa shape index (κ3) is 5.28. The number of hydrogen-bond acceptors (Lipinski definition) is 4. The molecular weight excluding hydrogens is 354 g/mol. The Morgan fingerprint density at radius 3 is 2.21 bits per heavy atom. The van der Waals surface area contributed by atoms with Gasteiger partial charge in [-0.1, -0.05) is 67.8 Å². The Kier molecular flexibility index (Phi) is 6.95. The van der Waals surface area contributed by atoms with Gasteiger partial charge >= 0.3 is 5.97 Å². The molecule has 1 aliphatic rings. The molecule has 0 atom stereocenters. The molecule has 1 fully saturated rings. The molecule has 2 aromatic carbocycles. The first-order chi connectivity index (χ1) is 13.6. The van der Waals surface area contributed by atoms with Gasteiger partial charge in [0, 0.05) is 17.7 Å². The van der Waals surface area contributed by atoms with Crippen LogP contribution < -0.4 is 5.32 Å². The topological polar surface area (TPSA) is 72.5 Å². The summed E-state index contributed by atoms with van der Waals surface area (Å²) < 4.78 is 5.15. The van der Waals surface area contributed by atoms with Crippen LogP contribution in [0, 0.1) is 5.92 Å². The van der Waals surface area contributed by atoms with Crippen LogP contribution in [0.5, 0.6) is 0 Å². The van der Waals surface area contributed by atoms with E-state index in [0.29, 0.717) is 18.0 Å². The largest absolute Gasteiger partial charge is 0.452 e. The van der Waals surface area contributed by atoms with Gasteiger partial charge in [0.1, 0.15) is 0 Å². The van der Waals surface area contributed by atoms with Crippen LogP contribution in [-0.4, -0.2) is 30.8 Å². The molecule has 2 aromatic rings. The highest BCUT2D eigenvalue weighted by atomic mass is 16.5. The van der Waals surface area contributed by atoms with E-state index in [1.165, 1.54) is 19.3 Å². The number of esters is 1. The van der Waals surface area contributed by atoms with E-state index in [1.807, 2.05) is 6.07 Å². The van der Waals surface area contributed by atoms with Crippen LogP contribution >= 0.6 is 0 Å². The molecule has 1 N–H and O–H groups in total. The zero-order valence-corrected chi connectivity index (χ0v) is 15.9. The summed E-state index contributed by atoms with van der Waals surface area (Å²) in [5.41, 5.74) is 0.922. The van der Waals surface area contributed by atoms with Crippen molar-refractivity contribution < 1.29 is 19.1 Å². The first-order valence-electron chi connectivity index (χ1n) is 9.78. The van der Waals surface area contributed by atoms with Gasteiger partial charge in [0.15, 0.2) is 12.4 Å². The minimum atomic E-state index is -0.673. The SMILES string of the molecule is O=C(COC(=O)c1ccccc1C(=O)c1ccccc1)NCC1CCCCC1. The molecule has 0 radical (unpaired) electrons. The van der Waals surface area contributed by atoms with Gasteiger partial charge in [-0.25, -0.2) is 4.79 Å². The molecule has 5 nitrogen and oxygen atoms in total. The Hall–Kier alpha value is -2.95. The average Bonchev–Trinajstić information content (AvgIpc) is 2.77. The molecular formula is C23H25NO4.